The molecule has 2 saturated carbocycles. The van der Waals surface area contributed by atoms with Crippen molar-refractivity contribution in [2.45, 2.75) is 51.0 Å². The fourth-order valence-electron chi connectivity index (χ4n) is 2.51. The zero-order valence-electron chi connectivity index (χ0n) is 10.1. The molecule has 2 aliphatic rings. The third-order valence-electron chi connectivity index (χ3n) is 3.85. The summed E-state index contributed by atoms with van der Waals surface area (Å²) in [6, 6.07) is 0.297. The number of aromatic amines is 1. The summed E-state index contributed by atoms with van der Waals surface area (Å²) in [5.74, 6) is 2.11. The van der Waals surface area contributed by atoms with Gasteiger partial charge in [-0.2, -0.15) is 0 Å². The van der Waals surface area contributed by atoms with Crippen LogP contribution in [0.15, 0.2) is 0 Å². The van der Waals surface area contributed by atoms with Crippen LogP contribution in [-0.2, 0) is 0 Å². The molecule has 1 aromatic rings. The van der Waals surface area contributed by atoms with Gasteiger partial charge in [0.15, 0.2) is 0 Å². The second-order valence-electron chi connectivity index (χ2n) is 5.31. The lowest BCUT2D eigenvalue weighted by Crippen LogP contribution is -2.37. The second-order valence-corrected chi connectivity index (χ2v) is 5.31. The molecule has 0 aliphatic heterocycles. The van der Waals surface area contributed by atoms with E-state index in [-0.39, 0.29) is 5.91 Å². The molecule has 2 atom stereocenters. The van der Waals surface area contributed by atoms with Gasteiger partial charge in [-0.15, -0.1) is 5.10 Å². The smallest absolute Gasteiger partial charge is 0.291 e. The summed E-state index contributed by atoms with van der Waals surface area (Å²) < 4.78 is 0. The van der Waals surface area contributed by atoms with E-state index in [1.807, 2.05) is 0 Å². The third-order valence-corrected chi connectivity index (χ3v) is 3.85. The number of nitrogens with one attached hydrogen (secondary N) is 2. The Balaban J connectivity index is 1.64. The van der Waals surface area contributed by atoms with Crippen molar-refractivity contribution in [3.05, 3.63) is 11.6 Å². The highest BCUT2D eigenvalue weighted by atomic mass is 16.2. The minimum absolute atomic E-state index is 0.132. The van der Waals surface area contributed by atoms with Crippen LogP contribution in [0.1, 0.15) is 61.4 Å². The topological polar surface area (TPSA) is 70.7 Å². The number of H-pyrrole nitrogens is 1. The van der Waals surface area contributed by atoms with E-state index in [2.05, 4.69) is 27.4 Å². The second kappa shape index (κ2) is 4.13. The monoisotopic (exact) mass is 234 g/mol. The van der Waals surface area contributed by atoms with Crippen LogP contribution in [0.4, 0.5) is 0 Å². The van der Waals surface area contributed by atoms with Gasteiger partial charge in [-0.3, -0.25) is 9.89 Å². The zero-order valence-corrected chi connectivity index (χ0v) is 10.1. The summed E-state index contributed by atoms with van der Waals surface area (Å²) in [6.45, 7) is 2.19. The van der Waals surface area contributed by atoms with Gasteiger partial charge < -0.3 is 5.32 Å². The first-order valence-corrected chi connectivity index (χ1v) is 6.47. The van der Waals surface area contributed by atoms with Crippen LogP contribution < -0.4 is 5.32 Å². The van der Waals surface area contributed by atoms with Gasteiger partial charge in [-0.1, -0.05) is 13.3 Å². The van der Waals surface area contributed by atoms with E-state index in [0.29, 0.717) is 23.7 Å². The van der Waals surface area contributed by atoms with Gasteiger partial charge in [0, 0.05) is 12.0 Å². The van der Waals surface area contributed by atoms with Crippen LogP contribution in [0, 0.1) is 5.92 Å². The third kappa shape index (κ3) is 2.18. The van der Waals surface area contributed by atoms with Crippen molar-refractivity contribution in [1.82, 2.24) is 20.5 Å². The molecule has 0 saturated heterocycles. The first-order chi connectivity index (χ1) is 8.24. The van der Waals surface area contributed by atoms with Crippen LogP contribution >= 0.6 is 0 Å². The van der Waals surface area contributed by atoms with Crippen molar-refractivity contribution in [1.29, 1.82) is 0 Å². The Morgan fingerprint density at radius 1 is 1.35 bits per heavy atom. The van der Waals surface area contributed by atoms with Crippen molar-refractivity contribution in [3.63, 3.8) is 0 Å². The van der Waals surface area contributed by atoms with E-state index in [9.17, 15) is 4.79 Å². The van der Waals surface area contributed by atoms with Gasteiger partial charge in [0.05, 0.1) is 0 Å². The molecular formula is C12H18N4O. The molecule has 92 valence electrons. The molecule has 1 aromatic heterocycles. The van der Waals surface area contributed by atoms with Gasteiger partial charge in [0.25, 0.3) is 5.91 Å². The first kappa shape index (κ1) is 10.7. The molecule has 5 nitrogen and oxygen atoms in total. The molecular weight excluding hydrogens is 216 g/mol. The highest BCUT2D eigenvalue weighted by Gasteiger charge is 2.30. The number of aromatic nitrogens is 3. The normalized spacial score (nSPS) is 28.3. The lowest BCUT2D eigenvalue weighted by atomic mass is 10.1. The van der Waals surface area contributed by atoms with Gasteiger partial charge in [0.1, 0.15) is 5.82 Å². The quantitative estimate of drug-likeness (QED) is 0.834. The Bertz CT molecular complexity index is 424. The minimum atomic E-state index is -0.132. The summed E-state index contributed by atoms with van der Waals surface area (Å²) in [6.07, 6.45) is 5.80. The fraction of sp³-hybridized carbons (Fsp3) is 0.750. The Kier molecular flexibility index (Phi) is 2.61. The molecule has 3 rings (SSSR count). The molecule has 0 spiro atoms. The molecule has 17 heavy (non-hydrogen) atoms. The van der Waals surface area contributed by atoms with E-state index < -0.39 is 0 Å². The Morgan fingerprint density at radius 2 is 2.18 bits per heavy atom. The van der Waals surface area contributed by atoms with Gasteiger partial charge >= 0.3 is 0 Å². The Hall–Kier alpha value is -1.39. The van der Waals surface area contributed by atoms with Crippen molar-refractivity contribution < 1.29 is 4.79 Å². The SMILES string of the molecule is CC1CCCC1NC(=O)c1n[nH]c(C2CC2)n1. The maximum Gasteiger partial charge on any atom is 0.291 e. The lowest BCUT2D eigenvalue weighted by Gasteiger charge is -2.15. The molecule has 0 bridgehead atoms. The highest BCUT2D eigenvalue weighted by Crippen LogP contribution is 2.37. The van der Waals surface area contributed by atoms with Crippen molar-refractivity contribution >= 4 is 5.91 Å². The number of hydrogen-bond acceptors (Lipinski definition) is 3. The minimum Gasteiger partial charge on any atom is -0.346 e. The van der Waals surface area contributed by atoms with E-state index in [1.165, 1.54) is 12.8 Å². The number of hydrogen-bond donors (Lipinski definition) is 2. The van der Waals surface area contributed by atoms with E-state index in [4.69, 9.17) is 0 Å². The predicted molar refractivity (Wildman–Crippen MR) is 62.6 cm³/mol. The van der Waals surface area contributed by atoms with E-state index in [1.54, 1.807) is 0 Å². The van der Waals surface area contributed by atoms with Crippen molar-refractivity contribution in [3.8, 4) is 0 Å². The van der Waals surface area contributed by atoms with Crippen LogP contribution in [0.5, 0.6) is 0 Å². The average molecular weight is 234 g/mol. The van der Waals surface area contributed by atoms with Gasteiger partial charge in [0.2, 0.25) is 5.82 Å². The maximum absolute atomic E-state index is 11.9. The standard InChI is InChI=1S/C12H18N4O/c1-7-3-2-4-9(7)13-12(17)11-14-10(15-16-11)8-5-6-8/h7-9H,2-6H2,1H3,(H,13,17)(H,14,15,16). The fourth-order valence-corrected chi connectivity index (χ4v) is 2.51. The summed E-state index contributed by atoms with van der Waals surface area (Å²) >= 11 is 0. The van der Waals surface area contributed by atoms with Crippen LogP contribution in [-0.4, -0.2) is 27.1 Å². The molecule has 5 heteroatoms. The number of carbonyl (C=O) groups is 1. The van der Waals surface area contributed by atoms with Crippen LogP contribution in [0.25, 0.3) is 0 Å². The van der Waals surface area contributed by atoms with Crippen molar-refractivity contribution in [2.75, 3.05) is 0 Å². The van der Waals surface area contributed by atoms with Crippen LogP contribution in [0.2, 0.25) is 0 Å². The lowest BCUT2D eigenvalue weighted by molar-refractivity contribution is 0.0919. The molecule has 2 aliphatic carbocycles. The molecule has 1 heterocycles. The summed E-state index contributed by atoms with van der Waals surface area (Å²) in [4.78, 5) is 16.2. The zero-order chi connectivity index (χ0) is 11.8. The molecule has 2 N–H and O–H groups in total. The maximum atomic E-state index is 11.9. The number of carbonyl (C=O) groups excluding carboxylic acids is 1. The van der Waals surface area contributed by atoms with Crippen molar-refractivity contribution in [2.24, 2.45) is 5.92 Å². The molecule has 2 fully saturated rings. The molecule has 2 unspecified atom stereocenters. The number of amides is 1. The highest BCUT2D eigenvalue weighted by molar-refractivity contribution is 5.90. The van der Waals surface area contributed by atoms with Gasteiger partial charge in [-0.25, -0.2) is 4.98 Å². The van der Waals surface area contributed by atoms with E-state index >= 15 is 0 Å². The predicted octanol–water partition coefficient (Wildman–Crippen LogP) is 1.60. The average Bonchev–Trinajstić information content (AvgIpc) is 2.91. The Labute approximate surface area is 100 Å². The molecule has 0 radical (unpaired) electrons. The van der Waals surface area contributed by atoms with E-state index in [0.717, 1.165) is 25.1 Å². The largest absolute Gasteiger partial charge is 0.346 e. The summed E-state index contributed by atoms with van der Waals surface area (Å²) in [7, 11) is 0. The first-order valence-electron chi connectivity index (χ1n) is 6.47. The summed E-state index contributed by atoms with van der Waals surface area (Å²) in [5, 5.41) is 9.89. The number of rotatable bonds is 3. The van der Waals surface area contributed by atoms with Crippen LogP contribution in [0.3, 0.4) is 0 Å². The Morgan fingerprint density at radius 3 is 2.82 bits per heavy atom. The molecule has 0 aromatic carbocycles. The molecule has 1 amide bonds. The number of nitrogens with zero attached hydrogens (tertiary/aromatic N) is 2. The summed E-state index contributed by atoms with van der Waals surface area (Å²) in [5.41, 5.74) is 0. The van der Waals surface area contributed by atoms with Gasteiger partial charge in [-0.05, 0) is 31.6 Å².